The van der Waals surface area contributed by atoms with Crippen LogP contribution in [0.2, 0.25) is 5.02 Å². The second kappa shape index (κ2) is 10.6. The number of rotatable bonds is 6. The third-order valence-corrected chi connectivity index (χ3v) is 6.81. The molecule has 1 aliphatic rings. The van der Waals surface area contributed by atoms with E-state index < -0.39 is 17.7 Å². The van der Waals surface area contributed by atoms with E-state index in [1.165, 1.54) is 4.90 Å². The van der Waals surface area contributed by atoms with Crippen LogP contribution in [0.4, 0.5) is 5.69 Å². The number of Topliss-reactive ketones (excluding diaryl/α,β-unsaturated/α-hetero) is 1. The number of hydrogen-bond donors (Lipinski definition) is 1. The molecule has 190 valence electrons. The zero-order valence-corrected chi connectivity index (χ0v) is 21.8. The van der Waals surface area contributed by atoms with E-state index in [9.17, 15) is 14.7 Å². The van der Waals surface area contributed by atoms with Crippen LogP contribution in [-0.4, -0.2) is 16.8 Å². The van der Waals surface area contributed by atoms with Crippen LogP contribution in [0.3, 0.4) is 0 Å². The Hall–Kier alpha value is -4.35. The van der Waals surface area contributed by atoms with Gasteiger partial charge in [-0.15, -0.1) is 0 Å². The smallest absolute Gasteiger partial charge is 0.300 e. The van der Waals surface area contributed by atoms with Gasteiger partial charge in [0.15, 0.2) is 0 Å². The van der Waals surface area contributed by atoms with Gasteiger partial charge in [-0.1, -0.05) is 77.8 Å². The van der Waals surface area contributed by atoms with Crippen LogP contribution in [0, 0.1) is 13.8 Å². The van der Waals surface area contributed by atoms with Crippen molar-refractivity contribution in [2.45, 2.75) is 26.5 Å². The van der Waals surface area contributed by atoms with E-state index in [0.717, 1.165) is 16.7 Å². The molecule has 0 saturated carbocycles. The van der Waals surface area contributed by atoms with Gasteiger partial charge in [0.25, 0.3) is 11.7 Å². The lowest BCUT2D eigenvalue weighted by Gasteiger charge is -2.26. The van der Waals surface area contributed by atoms with Gasteiger partial charge in [0, 0.05) is 16.3 Å². The molecule has 1 amide bonds. The van der Waals surface area contributed by atoms with Crippen LogP contribution >= 0.6 is 11.6 Å². The van der Waals surface area contributed by atoms with Gasteiger partial charge < -0.3 is 9.84 Å². The topological polar surface area (TPSA) is 66.8 Å². The SMILES string of the molecule is Cc1cccc(C2/C(=C(\O)c3ccc(OCc4ccccc4)c(C)c3)C(=O)C(=O)N2c2cccc(Cl)c2)c1. The molecule has 6 heteroatoms. The summed E-state index contributed by atoms with van der Waals surface area (Å²) in [6.07, 6.45) is 0. The second-order valence-corrected chi connectivity index (χ2v) is 9.75. The number of amides is 1. The highest BCUT2D eigenvalue weighted by molar-refractivity contribution is 6.51. The minimum atomic E-state index is -0.817. The Morgan fingerprint density at radius 1 is 0.895 bits per heavy atom. The van der Waals surface area contributed by atoms with E-state index in [2.05, 4.69) is 0 Å². The second-order valence-electron chi connectivity index (χ2n) is 9.32. The summed E-state index contributed by atoms with van der Waals surface area (Å²) < 4.78 is 5.97. The molecule has 5 nitrogen and oxygen atoms in total. The lowest BCUT2D eigenvalue weighted by molar-refractivity contribution is -0.132. The van der Waals surface area contributed by atoms with Crippen molar-refractivity contribution < 1.29 is 19.4 Å². The number of ether oxygens (including phenoxy) is 1. The first-order valence-corrected chi connectivity index (χ1v) is 12.6. The zero-order valence-electron chi connectivity index (χ0n) is 21.0. The predicted octanol–water partition coefficient (Wildman–Crippen LogP) is 7.16. The number of benzene rings is 4. The molecule has 0 aromatic heterocycles. The van der Waals surface area contributed by atoms with E-state index in [0.29, 0.717) is 34.2 Å². The highest BCUT2D eigenvalue weighted by Crippen LogP contribution is 2.43. The van der Waals surface area contributed by atoms with Crippen LogP contribution in [0.5, 0.6) is 5.75 Å². The number of aliphatic hydroxyl groups is 1. The third kappa shape index (κ3) is 4.93. The maximum absolute atomic E-state index is 13.4. The van der Waals surface area contributed by atoms with Gasteiger partial charge in [-0.05, 0) is 66.9 Å². The van der Waals surface area contributed by atoms with Gasteiger partial charge in [-0.2, -0.15) is 0 Å². The van der Waals surface area contributed by atoms with Crippen molar-refractivity contribution in [2.75, 3.05) is 4.90 Å². The zero-order chi connectivity index (χ0) is 26.8. The molecule has 1 unspecified atom stereocenters. The third-order valence-electron chi connectivity index (χ3n) is 6.57. The summed E-state index contributed by atoms with van der Waals surface area (Å²) in [5.41, 5.74) is 4.44. The molecule has 38 heavy (non-hydrogen) atoms. The number of hydrogen-bond acceptors (Lipinski definition) is 4. The molecule has 4 aromatic rings. The number of halogens is 1. The van der Waals surface area contributed by atoms with Crippen molar-refractivity contribution in [3.8, 4) is 5.75 Å². The van der Waals surface area contributed by atoms with E-state index >= 15 is 0 Å². The Morgan fingerprint density at radius 3 is 2.37 bits per heavy atom. The highest BCUT2D eigenvalue weighted by atomic mass is 35.5. The van der Waals surface area contributed by atoms with E-state index in [1.807, 2.05) is 68.4 Å². The highest BCUT2D eigenvalue weighted by Gasteiger charge is 2.47. The van der Waals surface area contributed by atoms with Crippen molar-refractivity contribution in [3.63, 3.8) is 0 Å². The first-order chi connectivity index (χ1) is 18.3. The van der Waals surface area contributed by atoms with Crippen LogP contribution in [0.1, 0.15) is 33.9 Å². The summed E-state index contributed by atoms with van der Waals surface area (Å²) >= 11 is 6.22. The van der Waals surface area contributed by atoms with Gasteiger partial charge in [-0.3, -0.25) is 14.5 Å². The number of carbonyl (C=O) groups is 2. The molecule has 1 atom stereocenters. The summed E-state index contributed by atoms with van der Waals surface area (Å²) in [6, 6.07) is 28.6. The number of aliphatic hydroxyl groups excluding tert-OH is 1. The summed E-state index contributed by atoms with van der Waals surface area (Å²) in [5, 5.41) is 11.9. The molecule has 0 spiro atoms. The van der Waals surface area contributed by atoms with E-state index in [-0.39, 0.29) is 11.3 Å². The standard InChI is InChI=1S/C32H26ClNO4/c1-20-8-6-11-23(16-20)29-28(31(36)32(37)34(29)26-13-7-12-25(33)18-26)30(35)24-14-15-27(21(2)17-24)38-19-22-9-4-3-5-10-22/h3-18,29,35H,19H2,1-2H3/b30-28+. The first-order valence-electron chi connectivity index (χ1n) is 12.2. The maximum Gasteiger partial charge on any atom is 0.300 e. The van der Waals surface area contributed by atoms with Crippen LogP contribution in [0.25, 0.3) is 5.76 Å². The predicted molar refractivity (Wildman–Crippen MR) is 149 cm³/mol. The van der Waals surface area contributed by atoms with Gasteiger partial charge >= 0.3 is 0 Å². The van der Waals surface area contributed by atoms with Gasteiger partial charge in [-0.25, -0.2) is 0 Å². The number of aryl methyl sites for hydroxylation is 2. The number of ketones is 1. The Balaban J connectivity index is 1.57. The molecule has 4 aromatic carbocycles. The molecule has 5 rings (SSSR count). The summed E-state index contributed by atoms with van der Waals surface area (Å²) in [5.74, 6) is -1.05. The summed E-state index contributed by atoms with van der Waals surface area (Å²) in [6.45, 7) is 4.22. The first kappa shape index (κ1) is 25.3. The minimum Gasteiger partial charge on any atom is -0.507 e. The van der Waals surface area contributed by atoms with Gasteiger partial charge in [0.2, 0.25) is 0 Å². The number of carbonyl (C=O) groups excluding carboxylic acids is 2. The number of nitrogens with zero attached hydrogens (tertiary/aromatic N) is 1. The lowest BCUT2D eigenvalue weighted by Crippen LogP contribution is -2.29. The average Bonchev–Trinajstić information content (AvgIpc) is 3.18. The minimum absolute atomic E-state index is 0.0259. The fraction of sp³-hybridized carbons (Fsp3) is 0.125. The summed E-state index contributed by atoms with van der Waals surface area (Å²) in [4.78, 5) is 28.1. The fourth-order valence-electron chi connectivity index (χ4n) is 4.73. The molecule has 0 aliphatic carbocycles. The van der Waals surface area contributed by atoms with Gasteiger partial charge in [0.05, 0.1) is 11.6 Å². The molecule has 0 radical (unpaired) electrons. The van der Waals surface area contributed by atoms with E-state index in [1.54, 1.807) is 42.5 Å². The Kier molecular flexibility index (Phi) is 7.03. The van der Waals surface area contributed by atoms with Crippen molar-refractivity contribution in [1.82, 2.24) is 0 Å². The maximum atomic E-state index is 13.4. The van der Waals surface area contributed by atoms with Crippen molar-refractivity contribution in [3.05, 3.63) is 135 Å². The Bertz CT molecular complexity index is 1560. The van der Waals surface area contributed by atoms with Crippen molar-refractivity contribution in [2.24, 2.45) is 0 Å². The van der Waals surface area contributed by atoms with Crippen LogP contribution < -0.4 is 9.64 Å². The quantitative estimate of drug-likeness (QED) is 0.165. The molecular formula is C32H26ClNO4. The fourth-order valence-corrected chi connectivity index (χ4v) is 4.91. The molecule has 1 aliphatic heterocycles. The summed E-state index contributed by atoms with van der Waals surface area (Å²) in [7, 11) is 0. The normalized spacial score (nSPS) is 16.6. The Morgan fingerprint density at radius 2 is 1.66 bits per heavy atom. The molecular weight excluding hydrogens is 498 g/mol. The van der Waals surface area contributed by atoms with Crippen LogP contribution in [-0.2, 0) is 16.2 Å². The Labute approximate surface area is 226 Å². The van der Waals surface area contributed by atoms with Crippen molar-refractivity contribution in [1.29, 1.82) is 0 Å². The molecule has 1 heterocycles. The monoisotopic (exact) mass is 523 g/mol. The molecule has 1 fully saturated rings. The van der Waals surface area contributed by atoms with E-state index in [4.69, 9.17) is 16.3 Å². The molecule has 1 saturated heterocycles. The number of anilines is 1. The largest absolute Gasteiger partial charge is 0.507 e. The lowest BCUT2D eigenvalue weighted by atomic mass is 9.94. The average molecular weight is 524 g/mol. The van der Waals surface area contributed by atoms with Crippen LogP contribution in [0.15, 0.2) is 103 Å². The molecule has 0 bridgehead atoms. The van der Waals surface area contributed by atoms with Gasteiger partial charge in [0.1, 0.15) is 18.1 Å². The molecule has 1 N–H and O–H groups in total. The van der Waals surface area contributed by atoms with Crippen molar-refractivity contribution >= 4 is 34.7 Å².